The fourth-order valence-corrected chi connectivity index (χ4v) is 12.2. The zero-order chi connectivity index (χ0) is 66.8. The molecule has 0 unspecified atom stereocenters. The van der Waals surface area contributed by atoms with E-state index in [9.17, 15) is 28.8 Å². The Morgan fingerprint density at radius 1 is 0.383 bits per heavy atom. The maximum absolute atomic E-state index is 14.2. The SMILES string of the molecule is COc1ccc2c(CC(=O)N[C@@H](CCCCN)C(=O)Nc3ccc(C(c4ccc(NC(=O)[C@H](CCCCN)NC(=O)Cc5c(C)[nH]c6cc(OC)ccc56)cc4)c4ccc(NC(=O)[C@H](CCCCN)NC(=O)Cc5c(C)[nH]c6cc(OC)ccc56)cc4)cc3)c(C)[nH]c2c1. The van der Waals surface area contributed by atoms with E-state index in [0.717, 1.165) is 83.2 Å². The number of aromatic amines is 3. The predicted molar refractivity (Wildman–Crippen MR) is 371 cm³/mol. The summed E-state index contributed by atoms with van der Waals surface area (Å²) in [5, 5.41) is 20.8. The average molecular weight is 1280 g/mol. The first-order valence-corrected chi connectivity index (χ1v) is 32.2. The number of anilines is 3. The number of amides is 6. The van der Waals surface area contributed by atoms with E-state index in [2.05, 4.69) is 46.9 Å². The number of H-pyrrole nitrogens is 3. The Labute approximate surface area is 547 Å². The molecule has 494 valence electrons. The Kier molecular flexibility index (Phi) is 23.7. The van der Waals surface area contributed by atoms with E-state index in [1.165, 1.54) is 0 Å². The number of unbranched alkanes of at least 4 members (excludes halogenated alkanes) is 3. The second-order valence-corrected chi connectivity index (χ2v) is 23.9. The van der Waals surface area contributed by atoms with Crippen LogP contribution in [0.4, 0.5) is 17.1 Å². The van der Waals surface area contributed by atoms with E-state index in [4.69, 9.17) is 31.4 Å². The van der Waals surface area contributed by atoms with Gasteiger partial charge in [0.05, 0.1) is 40.6 Å². The number of hydrogen-bond acceptors (Lipinski definition) is 12. The van der Waals surface area contributed by atoms with Gasteiger partial charge in [-0.2, -0.15) is 0 Å². The monoisotopic (exact) mass is 1280 g/mol. The van der Waals surface area contributed by atoms with E-state index in [1.54, 1.807) is 21.3 Å². The lowest BCUT2D eigenvalue weighted by Crippen LogP contribution is -2.44. The van der Waals surface area contributed by atoms with Crippen LogP contribution in [0.25, 0.3) is 32.7 Å². The van der Waals surface area contributed by atoms with Gasteiger partial charge in [-0.3, -0.25) is 28.8 Å². The molecule has 0 aliphatic carbocycles. The number of rotatable bonds is 33. The lowest BCUT2D eigenvalue weighted by molar-refractivity contribution is -0.126. The van der Waals surface area contributed by atoms with Gasteiger partial charge in [0.15, 0.2) is 0 Å². The minimum absolute atomic E-state index is 0.0610. The smallest absolute Gasteiger partial charge is 0.246 e. The number of hydrogen-bond donors (Lipinski definition) is 12. The van der Waals surface area contributed by atoms with Gasteiger partial charge in [0.25, 0.3) is 0 Å². The van der Waals surface area contributed by atoms with Crippen LogP contribution in [-0.2, 0) is 48.0 Å². The van der Waals surface area contributed by atoms with Crippen molar-refractivity contribution in [3.8, 4) is 17.2 Å². The molecule has 0 saturated carbocycles. The number of carbonyl (C=O) groups excluding carboxylic acids is 6. The minimum atomic E-state index is -0.842. The first kappa shape index (κ1) is 68.4. The quantitative estimate of drug-likeness (QED) is 0.0135. The molecule has 0 fully saturated rings. The molecule has 15 N–H and O–H groups in total. The number of ether oxygens (including phenoxy) is 3. The largest absolute Gasteiger partial charge is 0.497 e. The summed E-state index contributed by atoms with van der Waals surface area (Å²) in [5.41, 5.74) is 29.3. The van der Waals surface area contributed by atoms with Crippen molar-refractivity contribution in [2.75, 3.05) is 56.9 Å². The van der Waals surface area contributed by atoms with Crippen molar-refractivity contribution in [3.05, 3.63) is 178 Å². The van der Waals surface area contributed by atoms with Crippen LogP contribution in [0.2, 0.25) is 0 Å². The van der Waals surface area contributed by atoms with E-state index in [1.807, 2.05) is 148 Å². The molecule has 0 bridgehead atoms. The van der Waals surface area contributed by atoms with Crippen LogP contribution < -0.4 is 63.3 Å². The topological polar surface area (TPSA) is 328 Å². The summed E-state index contributed by atoms with van der Waals surface area (Å²) in [6.45, 7) is 7.07. The second kappa shape index (κ2) is 32.5. The molecule has 3 heterocycles. The minimum Gasteiger partial charge on any atom is -0.497 e. The highest BCUT2D eigenvalue weighted by Crippen LogP contribution is 2.35. The molecule has 0 radical (unpaired) electrons. The Hall–Kier alpha value is -9.96. The van der Waals surface area contributed by atoms with Crippen molar-refractivity contribution in [3.63, 3.8) is 0 Å². The van der Waals surface area contributed by atoms with Gasteiger partial charge in [0, 0.05) is 91.0 Å². The number of nitrogens with two attached hydrogens (primary N) is 3. The maximum Gasteiger partial charge on any atom is 0.246 e. The molecule has 0 aliphatic rings. The highest BCUT2D eigenvalue weighted by Gasteiger charge is 2.27. The third kappa shape index (κ3) is 17.4. The van der Waals surface area contributed by atoms with Gasteiger partial charge in [-0.15, -0.1) is 0 Å². The van der Waals surface area contributed by atoms with Crippen LogP contribution in [-0.4, -0.2) is 109 Å². The van der Waals surface area contributed by atoms with Crippen molar-refractivity contribution >= 4 is 85.2 Å². The third-order valence-electron chi connectivity index (χ3n) is 17.3. The van der Waals surface area contributed by atoms with Crippen molar-refractivity contribution in [1.29, 1.82) is 0 Å². The Morgan fingerprint density at radius 3 is 0.894 bits per heavy atom. The summed E-state index contributed by atoms with van der Waals surface area (Å²) < 4.78 is 16.2. The van der Waals surface area contributed by atoms with Crippen LogP contribution in [0.15, 0.2) is 127 Å². The zero-order valence-corrected chi connectivity index (χ0v) is 54.4. The van der Waals surface area contributed by atoms with Gasteiger partial charge < -0.3 is 78.3 Å². The van der Waals surface area contributed by atoms with Crippen molar-refractivity contribution < 1.29 is 43.0 Å². The molecule has 3 aromatic heterocycles. The van der Waals surface area contributed by atoms with Gasteiger partial charge in [-0.25, -0.2) is 0 Å². The average Bonchev–Trinajstić information content (AvgIpc) is 1.54. The van der Waals surface area contributed by atoms with Gasteiger partial charge in [0.2, 0.25) is 35.4 Å². The van der Waals surface area contributed by atoms with E-state index in [-0.39, 0.29) is 54.7 Å². The first-order valence-electron chi connectivity index (χ1n) is 32.2. The second-order valence-electron chi connectivity index (χ2n) is 23.9. The van der Waals surface area contributed by atoms with Gasteiger partial charge in [-0.1, -0.05) is 36.4 Å². The van der Waals surface area contributed by atoms with Crippen LogP contribution in [0.5, 0.6) is 17.2 Å². The summed E-state index contributed by atoms with van der Waals surface area (Å²) in [6, 6.07) is 36.9. The fourth-order valence-electron chi connectivity index (χ4n) is 12.2. The highest BCUT2D eigenvalue weighted by molar-refractivity contribution is 6.01. The standard InChI is InChI=1S/C73H88N12O9/c1-43-58(55-31-28-52(92-4)37-64(55)77-43)40-67(86)83-61(13-7-10-34-74)71(89)80-49-22-16-46(17-23-49)70(47-18-24-50(25-19-47)81-72(90)62(14-8-11-35-75)84-68(87)41-59-44(2)78-65-38-53(93-5)29-32-56(59)65)48-20-26-51(27-21-48)82-73(91)63(15-9-12-36-76)85-69(88)42-60-45(3)79-66-39-54(94-6)30-33-57(60)66/h16-33,37-39,61-63,70,77-79H,7-15,34-36,40-42,74-76H2,1-6H3,(H,80,89)(H,81,90)(H,82,91)(H,83,86)(H,84,87)(H,85,88)/t61-,62-,63-/m0/s1. The number of carbonyl (C=O) groups is 6. The molecular weight excluding hydrogens is 1190 g/mol. The normalized spacial score (nSPS) is 12.3. The molecular formula is C73H88N12O9. The van der Waals surface area contributed by atoms with Crippen LogP contribution >= 0.6 is 0 Å². The molecule has 21 heteroatoms. The Bertz CT molecular complexity index is 3680. The summed E-state index contributed by atoms with van der Waals surface area (Å²) in [6.07, 6.45) is 5.21. The van der Waals surface area contributed by atoms with Crippen molar-refractivity contribution in [1.82, 2.24) is 30.9 Å². The number of benzene rings is 6. The third-order valence-corrected chi connectivity index (χ3v) is 17.3. The van der Waals surface area contributed by atoms with E-state index >= 15 is 0 Å². The summed E-state index contributed by atoms with van der Waals surface area (Å²) in [4.78, 5) is 93.9. The zero-order valence-electron chi connectivity index (χ0n) is 54.4. The molecule has 21 nitrogen and oxygen atoms in total. The number of methoxy groups -OCH3 is 3. The molecule has 0 saturated heterocycles. The summed E-state index contributed by atoms with van der Waals surface area (Å²) in [5.74, 6) is -0.335. The van der Waals surface area contributed by atoms with Crippen LogP contribution in [0.3, 0.4) is 0 Å². The lowest BCUT2D eigenvalue weighted by Gasteiger charge is -2.22. The molecule has 0 spiro atoms. The van der Waals surface area contributed by atoms with E-state index < -0.39 is 24.0 Å². The van der Waals surface area contributed by atoms with Gasteiger partial charge in [-0.05, 0) is 204 Å². The summed E-state index contributed by atoms with van der Waals surface area (Å²) >= 11 is 0. The maximum atomic E-state index is 14.2. The predicted octanol–water partition coefficient (Wildman–Crippen LogP) is 9.65. The number of nitrogens with one attached hydrogen (secondary N) is 9. The van der Waals surface area contributed by atoms with Crippen molar-refractivity contribution in [2.45, 2.75) is 122 Å². The first-order chi connectivity index (χ1) is 45.5. The molecule has 9 rings (SSSR count). The van der Waals surface area contributed by atoms with E-state index in [0.29, 0.717) is 112 Å². The van der Waals surface area contributed by atoms with Crippen LogP contribution in [0, 0.1) is 20.8 Å². The molecule has 9 aromatic rings. The fraction of sp³-hybridized carbons (Fsp3) is 0.342. The number of fused-ring (bicyclic) bond motifs is 3. The number of aryl methyl sites for hydroxylation is 3. The Morgan fingerprint density at radius 2 is 0.649 bits per heavy atom. The summed E-state index contributed by atoms with van der Waals surface area (Å²) in [7, 11) is 4.81. The van der Waals surface area contributed by atoms with Gasteiger partial charge in [0.1, 0.15) is 35.4 Å². The molecule has 6 amide bonds. The molecule has 0 aliphatic heterocycles. The number of aromatic nitrogens is 3. The van der Waals surface area contributed by atoms with Crippen molar-refractivity contribution in [2.24, 2.45) is 17.2 Å². The molecule has 6 aromatic carbocycles. The van der Waals surface area contributed by atoms with Gasteiger partial charge >= 0.3 is 0 Å². The van der Waals surface area contributed by atoms with Crippen LogP contribution in [0.1, 0.15) is 114 Å². The lowest BCUT2D eigenvalue weighted by atomic mass is 9.85. The molecule has 3 atom stereocenters. The highest BCUT2D eigenvalue weighted by atomic mass is 16.5. The molecule has 94 heavy (non-hydrogen) atoms. The Balaban J connectivity index is 0.939.